The van der Waals surface area contributed by atoms with E-state index in [4.69, 9.17) is 9.40 Å². The van der Waals surface area contributed by atoms with Gasteiger partial charge in [-0.2, -0.15) is 0 Å². The van der Waals surface area contributed by atoms with Crippen molar-refractivity contribution in [1.82, 2.24) is 14.9 Å². The highest BCUT2D eigenvalue weighted by atomic mass is 32.2. The predicted molar refractivity (Wildman–Crippen MR) is 108 cm³/mol. The summed E-state index contributed by atoms with van der Waals surface area (Å²) in [6.07, 6.45) is 5.83. The number of aromatic nitrogens is 2. The summed E-state index contributed by atoms with van der Waals surface area (Å²) in [6.45, 7) is 2.12. The molecule has 0 saturated heterocycles. The van der Waals surface area contributed by atoms with E-state index in [0.29, 0.717) is 17.5 Å². The Hall–Kier alpha value is -2.06. The lowest BCUT2D eigenvalue weighted by atomic mass is 9.97. The molecule has 1 unspecified atom stereocenters. The van der Waals surface area contributed by atoms with Gasteiger partial charge in [-0.05, 0) is 50.3 Å². The van der Waals surface area contributed by atoms with Crippen LogP contribution in [0.25, 0.3) is 10.2 Å². The van der Waals surface area contributed by atoms with E-state index < -0.39 is 0 Å². The lowest BCUT2D eigenvalue weighted by Gasteiger charge is -2.15. The largest absolute Gasteiger partial charge is 0.467 e. The zero-order chi connectivity index (χ0) is 19.0. The normalized spacial score (nSPS) is 14.9. The number of nitrogens with one attached hydrogen (secondary N) is 1. The quantitative estimate of drug-likeness (QED) is 0.523. The van der Waals surface area contributed by atoms with Crippen LogP contribution < -0.4 is 10.9 Å². The fourth-order valence-corrected chi connectivity index (χ4v) is 5.69. The summed E-state index contributed by atoms with van der Waals surface area (Å²) < 4.78 is 7.10. The number of thioether (sulfide) groups is 1. The molecule has 0 radical (unpaired) electrons. The van der Waals surface area contributed by atoms with Crippen molar-refractivity contribution in [3.8, 4) is 0 Å². The van der Waals surface area contributed by atoms with Crippen LogP contribution in [0.3, 0.4) is 0 Å². The third kappa shape index (κ3) is 3.43. The molecule has 1 amide bonds. The Morgan fingerprint density at radius 1 is 1.44 bits per heavy atom. The van der Waals surface area contributed by atoms with Gasteiger partial charge in [-0.1, -0.05) is 11.8 Å². The van der Waals surface area contributed by atoms with E-state index in [1.54, 1.807) is 35.3 Å². The molecule has 8 heteroatoms. The van der Waals surface area contributed by atoms with Crippen molar-refractivity contribution in [3.63, 3.8) is 0 Å². The maximum absolute atomic E-state index is 13.4. The highest BCUT2D eigenvalue weighted by Gasteiger charge is 2.24. The minimum absolute atomic E-state index is 0.0394. The van der Waals surface area contributed by atoms with Crippen molar-refractivity contribution in [2.75, 3.05) is 7.05 Å². The lowest BCUT2D eigenvalue weighted by Crippen LogP contribution is -2.29. The van der Waals surface area contributed by atoms with Gasteiger partial charge < -0.3 is 9.73 Å². The van der Waals surface area contributed by atoms with Crippen LogP contribution in [0.2, 0.25) is 0 Å². The third-order valence-electron chi connectivity index (χ3n) is 4.83. The van der Waals surface area contributed by atoms with Gasteiger partial charge in [0.25, 0.3) is 5.56 Å². The molecule has 1 aliphatic rings. The van der Waals surface area contributed by atoms with Crippen molar-refractivity contribution < 1.29 is 9.21 Å². The van der Waals surface area contributed by atoms with Crippen molar-refractivity contribution >= 4 is 39.2 Å². The molecule has 1 N–H and O–H groups in total. The maximum Gasteiger partial charge on any atom is 0.263 e. The molecule has 4 rings (SSSR count). The first kappa shape index (κ1) is 18.3. The first-order valence-electron chi connectivity index (χ1n) is 9.04. The van der Waals surface area contributed by atoms with E-state index in [0.717, 1.165) is 35.9 Å². The molecule has 0 aromatic carbocycles. The number of furan rings is 1. The average molecular weight is 404 g/mol. The van der Waals surface area contributed by atoms with Gasteiger partial charge in [0.05, 0.1) is 23.4 Å². The Morgan fingerprint density at radius 2 is 2.26 bits per heavy atom. The summed E-state index contributed by atoms with van der Waals surface area (Å²) in [6, 6.07) is 3.65. The molecular weight excluding hydrogens is 382 g/mol. The predicted octanol–water partition coefficient (Wildman–Crippen LogP) is 3.20. The van der Waals surface area contributed by atoms with Crippen molar-refractivity contribution in [2.24, 2.45) is 0 Å². The minimum atomic E-state index is -0.350. The molecule has 0 spiro atoms. The second-order valence-corrected chi connectivity index (χ2v) is 9.02. The molecule has 27 heavy (non-hydrogen) atoms. The molecule has 3 heterocycles. The van der Waals surface area contributed by atoms with Crippen LogP contribution in [0.1, 0.15) is 36.0 Å². The standard InChI is InChI=1S/C19H21N3O3S2/c1-11(16(23)20-2)26-19-21-17-15(13-7-3-4-8-14(13)27-17)18(24)22(19)10-12-6-5-9-25-12/h5-6,9,11H,3-4,7-8,10H2,1-2H3,(H,20,23). The molecular formula is C19H21N3O3S2. The van der Waals surface area contributed by atoms with Crippen LogP contribution in [-0.2, 0) is 24.2 Å². The van der Waals surface area contributed by atoms with Crippen LogP contribution in [-0.4, -0.2) is 27.8 Å². The Kier molecular flexibility index (Phi) is 5.10. The number of amides is 1. The molecule has 1 atom stereocenters. The van der Waals surface area contributed by atoms with E-state index in [9.17, 15) is 9.59 Å². The molecule has 1 aliphatic carbocycles. The molecule has 0 fully saturated rings. The number of hydrogen-bond donors (Lipinski definition) is 1. The van der Waals surface area contributed by atoms with Crippen molar-refractivity contribution in [3.05, 3.63) is 45.0 Å². The molecule has 142 valence electrons. The van der Waals surface area contributed by atoms with Crippen LogP contribution in [0.5, 0.6) is 0 Å². The average Bonchev–Trinajstić information content (AvgIpc) is 3.31. The van der Waals surface area contributed by atoms with Crippen LogP contribution in [0.4, 0.5) is 0 Å². The Labute approximate surface area is 165 Å². The van der Waals surface area contributed by atoms with Gasteiger partial charge in [0.15, 0.2) is 5.16 Å². The zero-order valence-corrected chi connectivity index (χ0v) is 16.9. The lowest BCUT2D eigenvalue weighted by molar-refractivity contribution is -0.119. The summed E-state index contributed by atoms with van der Waals surface area (Å²) in [5.74, 6) is 0.598. The van der Waals surface area contributed by atoms with E-state index in [2.05, 4.69) is 5.32 Å². The second-order valence-electron chi connectivity index (χ2n) is 6.63. The number of thiophene rings is 1. The SMILES string of the molecule is CNC(=O)C(C)Sc1nc2sc3c(c2c(=O)n1Cc1ccco1)CCCC3. The number of carbonyl (C=O) groups excluding carboxylic acids is 1. The monoisotopic (exact) mass is 403 g/mol. The van der Waals surface area contributed by atoms with Gasteiger partial charge in [0.2, 0.25) is 5.91 Å². The van der Waals surface area contributed by atoms with Crippen molar-refractivity contribution in [1.29, 1.82) is 0 Å². The molecule has 6 nitrogen and oxygen atoms in total. The van der Waals surface area contributed by atoms with E-state index >= 15 is 0 Å². The van der Waals surface area contributed by atoms with E-state index in [-0.39, 0.29) is 16.7 Å². The number of aryl methyl sites for hydroxylation is 2. The topological polar surface area (TPSA) is 77.1 Å². The molecule has 0 bridgehead atoms. The minimum Gasteiger partial charge on any atom is -0.467 e. The maximum atomic E-state index is 13.4. The summed E-state index contributed by atoms with van der Waals surface area (Å²) in [7, 11) is 1.61. The van der Waals surface area contributed by atoms with Gasteiger partial charge >= 0.3 is 0 Å². The van der Waals surface area contributed by atoms with Crippen LogP contribution in [0.15, 0.2) is 32.8 Å². The number of carbonyl (C=O) groups is 1. The molecule has 3 aromatic rings. The van der Waals surface area contributed by atoms with Crippen LogP contribution in [0, 0.1) is 0 Å². The summed E-state index contributed by atoms with van der Waals surface area (Å²) >= 11 is 2.93. The number of fused-ring (bicyclic) bond motifs is 3. The fourth-order valence-electron chi connectivity index (χ4n) is 3.42. The van der Waals surface area contributed by atoms with Gasteiger partial charge in [0, 0.05) is 11.9 Å². The first-order chi connectivity index (χ1) is 13.1. The van der Waals surface area contributed by atoms with Crippen molar-refractivity contribution in [2.45, 2.75) is 49.6 Å². The highest BCUT2D eigenvalue weighted by molar-refractivity contribution is 8.00. The molecule has 3 aromatic heterocycles. The van der Waals surface area contributed by atoms with E-state index in [1.165, 1.54) is 22.2 Å². The van der Waals surface area contributed by atoms with Gasteiger partial charge in [-0.15, -0.1) is 11.3 Å². The Balaban J connectivity index is 1.86. The highest BCUT2D eigenvalue weighted by Crippen LogP contribution is 2.35. The summed E-state index contributed by atoms with van der Waals surface area (Å²) in [5, 5.41) is 3.60. The second kappa shape index (κ2) is 7.52. The Morgan fingerprint density at radius 3 is 3.00 bits per heavy atom. The fraction of sp³-hybridized carbons (Fsp3) is 0.421. The zero-order valence-electron chi connectivity index (χ0n) is 15.3. The van der Waals surface area contributed by atoms with E-state index in [1.807, 2.05) is 13.0 Å². The third-order valence-corrected chi connectivity index (χ3v) is 7.11. The number of nitrogens with zero attached hydrogens (tertiary/aromatic N) is 2. The summed E-state index contributed by atoms with van der Waals surface area (Å²) in [4.78, 5) is 32.3. The number of hydrogen-bond acceptors (Lipinski definition) is 6. The van der Waals surface area contributed by atoms with Gasteiger partial charge in [0.1, 0.15) is 10.6 Å². The van der Waals surface area contributed by atoms with Gasteiger partial charge in [-0.25, -0.2) is 4.98 Å². The molecule has 0 aliphatic heterocycles. The molecule has 0 saturated carbocycles. The van der Waals surface area contributed by atoms with Gasteiger partial charge in [-0.3, -0.25) is 14.2 Å². The summed E-state index contributed by atoms with van der Waals surface area (Å²) in [5.41, 5.74) is 1.13. The Bertz CT molecular complexity index is 1040. The smallest absolute Gasteiger partial charge is 0.263 e. The van der Waals surface area contributed by atoms with Crippen LogP contribution >= 0.6 is 23.1 Å². The first-order valence-corrected chi connectivity index (χ1v) is 10.7. The number of rotatable bonds is 5.